The normalized spacial score (nSPS) is 17.9. The molecule has 4 nitrogen and oxygen atoms in total. The molecule has 0 saturated carbocycles. The number of unbranched alkanes of at least 4 members (excludes halogenated alkanes) is 1. The van der Waals surface area contributed by atoms with Gasteiger partial charge in [-0.3, -0.25) is 9.59 Å². The monoisotopic (exact) mass is 260 g/mol. The topological polar surface area (TPSA) is 42.3 Å². The maximum absolute atomic E-state index is 12.3. The quantitative estimate of drug-likeness (QED) is 0.758. The van der Waals surface area contributed by atoms with Crippen LogP contribution < -0.4 is 5.43 Å². The third-order valence-corrected chi connectivity index (χ3v) is 3.41. The van der Waals surface area contributed by atoms with Crippen molar-refractivity contribution in [3.8, 4) is 0 Å². The van der Waals surface area contributed by atoms with Crippen molar-refractivity contribution in [1.82, 2.24) is 9.47 Å². The molecule has 102 valence electrons. The second-order valence-electron chi connectivity index (χ2n) is 4.89. The van der Waals surface area contributed by atoms with Crippen molar-refractivity contribution in [3.05, 3.63) is 46.9 Å². The Bertz CT molecular complexity index is 499. The molecule has 0 unspecified atom stereocenters. The van der Waals surface area contributed by atoms with Crippen LogP contribution in [0.25, 0.3) is 0 Å². The second-order valence-corrected chi connectivity index (χ2v) is 4.89. The minimum absolute atomic E-state index is 0.0349. The SMILES string of the molecule is CCCC[C@H]1C=CCN1C(=O)Cn1ccc(=O)cc1. The van der Waals surface area contributed by atoms with Crippen molar-refractivity contribution < 1.29 is 4.79 Å². The smallest absolute Gasteiger partial charge is 0.243 e. The van der Waals surface area contributed by atoms with Gasteiger partial charge in [0.25, 0.3) is 0 Å². The molecule has 1 aliphatic rings. The van der Waals surface area contributed by atoms with Crippen molar-refractivity contribution in [3.63, 3.8) is 0 Å². The van der Waals surface area contributed by atoms with E-state index in [9.17, 15) is 9.59 Å². The van der Waals surface area contributed by atoms with Gasteiger partial charge in [-0.1, -0.05) is 31.9 Å². The van der Waals surface area contributed by atoms with Crippen LogP contribution in [0.5, 0.6) is 0 Å². The standard InChI is InChI=1S/C15H20N2O2/c1-2-3-5-13-6-4-9-17(13)15(19)12-16-10-7-14(18)8-11-16/h4,6-8,10-11,13H,2-3,5,9,12H2,1H3/t13-/m0/s1. The van der Waals surface area contributed by atoms with Crippen LogP contribution in [0.1, 0.15) is 26.2 Å². The van der Waals surface area contributed by atoms with Crippen LogP contribution in [0.3, 0.4) is 0 Å². The summed E-state index contributed by atoms with van der Waals surface area (Å²) in [5.74, 6) is 0.106. The summed E-state index contributed by atoms with van der Waals surface area (Å²) in [4.78, 5) is 25.2. The number of pyridine rings is 1. The molecule has 0 fully saturated rings. The van der Waals surface area contributed by atoms with Crippen molar-refractivity contribution in [2.75, 3.05) is 6.54 Å². The summed E-state index contributed by atoms with van der Waals surface area (Å²) < 4.78 is 1.75. The predicted molar refractivity (Wildman–Crippen MR) is 74.9 cm³/mol. The lowest BCUT2D eigenvalue weighted by Gasteiger charge is -2.25. The van der Waals surface area contributed by atoms with E-state index in [1.54, 1.807) is 17.0 Å². The van der Waals surface area contributed by atoms with Gasteiger partial charge in [-0.2, -0.15) is 0 Å². The molecule has 1 atom stereocenters. The highest BCUT2D eigenvalue weighted by molar-refractivity contribution is 5.77. The van der Waals surface area contributed by atoms with Crippen molar-refractivity contribution in [2.24, 2.45) is 0 Å². The number of aromatic nitrogens is 1. The second kappa shape index (κ2) is 6.36. The van der Waals surface area contributed by atoms with Crippen LogP contribution in [0.4, 0.5) is 0 Å². The van der Waals surface area contributed by atoms with Crippen molar-refractivity contribution in [1.29, 1.82) is 0 Å². The van der Waals surface area contributed by atoms with Gasteiger partial charge in [0, 0.05) is 31.1 Å². The highest BCUT2D eigenvalue weighted by Gasteiger charge is 2.23. The molecule has 0 bridgehead atoms. The molecule has 0 radical (unpaired) electrons. The maximum Gasteiger partial charge on any atom is 0.243 e. The lowest BCUT2D eigenvalue weighted by molar-refractivity contribution is -0.132. The summed E-state index contributed by atoms with van der Waals surface area (Å²) in [5, 5.41) is 0. The Morgan fingerprint density at radius 1 is 1.37 bits per heavy atom. The highest BCUT2D eigenvalue weighted by Crippen LogP contribution is 2.16. The summed E-state index contributed by atoms with van der Waals surface area (Å²) in [6.07, 6.45) is 10.8. The molecule has 0 spiro atoms. The molecule has 1 aromatic rings. The first kappa shape index (κ1) is 13.6. The third kappa shape index (κ3) is 3.56. The molecule has 1 aliphatic heterocycles. The number of carbonyl (C=O) groups excluding carboxylic acids is 1. The Morgan fingerprint density at radius 2 is 2.11 bits per heavy atom. The first-order valence-corrected chi connectivity index (χ1v) is 6.83. The average molecular weight is 260 g/mol. The number of rotatable bonds is 5. The van der Waals surface area contributed by atoms with E-state index < -0.39 is 0 Å². The van der Waals surface area contributed by atoms with Crippen molar-refractivity contribution in [2.45, 2.75) is 38.8 Å². The Balaban J connectivity index is 1.95. The number of nitrogens with zero attached hydrogens (tertiary/aromatic N) is 2. The molecule has 0 N–H and O–H groups in total. The minimum atomic E-state index is -0.0349. The molecular formula is C15H20N2O2. The Labute approximate surface area is 113 Å². The Morgan fingerprint density at radius 3 is 2.79 bits per heavy atom. The zero-order valence-corrected chi connectivity index (χ0v) is 11.3. The summed E-state index contributed by atoms with van der Waals surface area (Å²) in [6.45, 7) is 3.16. The number of hydrogen-bond acceptors (Lipinski definition) is 2. The zero-order valence-electron chi connectivity index (χ0n) is 11.3. The van der Waals surface area contributed by atoms with Gasteiger partial charge in [-0.05, 0) is 6.42 Å². The summed E-state index contributed by atoms with van der Waals surface area (Å²) >= 11 is 0. The van der Waals surface area contributed by atoms with Crippen molar-refractivity contribution >= 4 is 5.91 Å². The van der Waals surface area contributed by atoms with Crippen LogP contribution in [0.2, 0.25) is 0 Å². The Kier molecular flexibility index (Phi) is 4.55. The highest BCUT2D eigenvalue weighted by atomic mass is 16.2. The van der Waals surface area contributed by atoms with Crippen LogP contribution in [0, 0.1) is 0 Å². The molecule has 0 aromatic carbocycles. The molecule has 2 rings (SSSR count). The Hall–Kier alpha value is -1.84. The van der Waals surface area contributed by atoms with E-state index in [4.69, 9.17) is 0 Å². The van der Waals surface area contributed by atoms with E-state index in [2.05, 4.69) is 19.1 Å². The van der Waals surface area contributed by atoms with Crippen LogP contribution >= 0.6 is 0 Å². The van der Waals surface area contributed by atoms with Gasteiger partial charge in [-0.15, -0.1) is 0 Å². The fourth-order valence-corrected chi connectivity index (χ4v) is 2.32. The lowest BCUT2D eigenvalue weighted by atomic mass is 10.1. The fraction of sp³-hybridized carbons (Fsp3) is 0.467. The molecular weight excluding hydrogens is 240 g/mol. The number of carbonyl (C=O) groups is 1. The van der Waals surface area contributed by atoms with E-state index in [-0.39, 0.29) is 17.4 Å². The maximum atomic E-state index is 12.3. The minimum Gasteiger partial charge on any atom is -0.345 e. The summed E-state index contributed by atoms with van der Waals surface area (Å²) in [6, 6.07) is 3.19. The predicted octanol–water partition coefficient (Wildman–Crippen LogP) is 1.81. The lowest BCUT2D eigenvalue weighted by Crippen LogP contribution is -2.38. The molecule has 1 amide bonds. The molecule has 0 saturated heterocycles. The summed E-state index contributed by atoms with van der Waals surface area (Å²) in [7, 11) is 0. The van der Waals surface area contributed by atoms with Crippen LogP contribution in [0.15, 0.2) is 41.5 Å². The van der Waals surface area contributed by atoms with E-state index in [1.165, 1.54) is 12.1 Å². The van der Waals surface area contributed by atoms with Gasteiger partial charge < -0.3 is 9.47 Å². The molecule has 4 heteroatoms. The molecule has 19 heavy (non-hydrogen) atoms. The van der Waals surface area contributed by atoms with E-state index in [0.29, 0.717) is 13.1 Å². The van der Waals surface area contributed by atoms with Crippen LogP contribution in [-0.4, -0.2) is 28.0 Å². The zero-order chi connectivity index (χ0) is 13.7. The summed E-state index contributed by atoms with van der Waals surface area (Å²) in [5.41, 5.74) is -0.0349. The number of hydrogen-bond donors (Lipinski definition) is 0. The molecule has 0 aliphatic carbocycles. The van der Waals surface area contributed by atoms with Gasteiger partial charge in [-0.25, -0.2) is 0 Å². The van der Waals surface area contributed by atoms with Gasteiger partial charge in [0.1, 0.15) is 6.54 Å². The molecule has 2 heterocycles. The van der Waals surface area contributed by atoms with E-state index >= 15 is 0 Å². The van der Waals surface area contributed by atoms with Gasteiger partial charge in [0.05, 0.1) is 6.04 Å². The largest absolute Gasteiger partial charge is 0.345 e. The van der Waals surface area contributed by atoms with Crippen LogP contribution in [-0.2, 0) is 11.3 Å². The van der Waals surface area contributed by atoms with E-state index in [1.807, 2.05) is 4.90 Å². The van der Waals surface area contributed by atoms with Gasteiger partial charge in [0.2, 0.25) is 5.91 Å². The molecule has 1 aromatic heterocycles. The first-order valence-electron chi connectivity index (χ1n) is 6.83. The van der Waals surface area contributed by atoms with Gasteiger partial charge >= 0.3 is 0 Å². The third-order valence-electron chi connectivity index (χ3n) is 3.41. The number of amides is 1. The first-order chi connectivity index (χ1) is 9.20. The average Bonchev–Trinajstić information content (AvgIpc) is 2.87. The fourth-order valence-electron chi connectivity index (χ4n) is 2.32. The van der Waals surface area contributed by atoms with E-state index in [0.717, 1.165) is 19.3 Å². The van der Waals surface area contributed by atoms with Gasteiger partial charge in [0.15, 0.2) is 5.43 Å².